The quantitative estimate of drug-likeness (QED) is 0.696. The van der Waals surface area contributed by atoms with Crippen molar-refractivity contribution in [3.8, 4) is 0 Å². The molecule has 4 heterocycles. The van der Waals surface area contributed by atoms with Crippen LogP contribution >= 0.6 is 0 Å². The van der Waals surface area contributed by atoms with E-state index in [0.29, 0.717) is 0 Å². The Bertz CT molecular complexity index is 927. The third-order valence-electron chi connectivity index (χ3n) is 4.62. The molecule has 7 nitrogen and oxygen atoms in total. The Labute approximate surface area is 159 Å². The fourth-order valence-electron chi connectivity index (χ4n) is 3.26. The first-order chi connectivity index (χ1) is 13.5. The van der Waals surface area contributed by atoms with Gasteiger partial charge in [-0.3, -0.25) is 4.90 Å². The van der Waals surface area contributed by atoms with Gasteiger partial charge < -0.3 is 10.3 Å². The van der Waals surface area contributed by atoms with E-state index in [-0.39, 0.29) is 17.7 Å². The fraction of sp³-hybridized carbons (Fsp3) is 0.333. The SMILES string of the molecule is FC(F)(F)c1ccnc(Nc2nccc([C@H]3CCN(Cc4ncc[nH]4)C3)n2)c1. The van der Waals surface area contributed by atoms with Crippen LogP contribution in [0.2, 0.25) is 0 Å². The minimum Gasteiger partial charge on any atom is -0.348 e. The van der Waals surface area contributed by atoms with Crippen molar-refractivity contribution in [2.75, 3.05) is 18.4 Å². The molecule has 0 spiro atoms. The van der Waals surface area contributed by atoms with Crippen LogP contribution in [0.5, 0.6) is 0 Å². The normalized spacial score (nSPS) is 17.8. The van der Waals surface area contributed by atoms with Crippen LogP contribution in [0, 0.1) is 0 Å². The largest absolute Gasteiger partial charge is 0.416 e. The summed E-state index contributed by atoms with van der Waals surface area (Å²) in [5, 5.41) is 2.77. The number of rotatable bonds is 5. The molecule has 146 valence electrons. The average molecular weight is 389 g/mol. The van der Waals surface area contributed by atoms with Crippen molar-refractivity contribution < 1.29 is 13.2 Å². The molecule has 0 bridgehead atoms. The van der Waals surface area contributed by atoms with Crippen molar-refractivity contribution in [1.82, 2.24) is 29.8 Å². The lowest BCUT2D eigenvalue weighted by atomic mass is 10.1. The molecule has 28 heavy (non-hydrogen) atoms. The van der Waals surface area contributed by atoms with Gasteiger partial charge in [0.2, 0.25) is 5.95 Å². The van der Waals surface area contributed by atoms with E-state index < -0.39 is 11.7 Å². The topological polar surface area (TPSA) is 82.6 Å². The lowest BCUT2D eigenvalue weighted by Gasteiger charge is -2.14. The molecule has 3 aromatic heterocycles. The Kier molecular flexibility index (Phi) is 4.95. The first-order valence-corrected chi connectivity index (χ1v) is 8.81. The highest BCUT2D eigenvalue weighted by atomic mass is 19.4. The van der Waals surface area contributed by atoms with Crippen molar-refractivity contribution in [2.45, 2.75) is 25.1 Å². The summed E-state index contributed by atoms with van der Waals surface area (Å²) < 4.78 is 38.5. The van der Waals surface area contributed by atoms with Crippen LogP contribution in [0.4, 0.5) is 24.9 Å². The first-order valence-electron chi connectivity index (χ1n) is 8.81. The number of likely N-dealkylation sites (tertiary alicyclic amines) is 1. The van der Waals surface area contributed by atoms with Crippen molar-refractivity contribution in [3.05, 3.63) is 60.1 Å². The van der Waals surface area contributed by atoms with E-state index in [1.807, 2.05) is 6.07 Å². The molecule has 0 radical (unpaired) electrons. The molecule has 4 rings (SSSR count). The van der Waals surface area contributed by atoms with Crippen LogP contribution in [0.3, 0.4) is 0 Å². The van der Waals surface area contributed by atoms with Crippen LogP contribution in [0.25, 0.3) is 0 Å². The minimum absolute atomic E-state index is 0.0536. The number of hydrogen-bond acceptors (Lipinski definition) is 6. The summed E-state index contributed by atoms with van der Waals surface area (Å²) in [6.45, 7) is 2.50. The molecule has 0 saturated carbocycles. The van der Waals surface area contributed by atoms with Crippen LogP contribution < -0.4 is 5.32 Å². The molecule has 1 atom stereocenters. The van der Waals surface area contributed by atoms with Crippen molar-refractivity contribution in [1.29, 1.82) is 0 Å². The Balaban J connectivity index is 1.44. The second-order valence-electron chi connectivity index (χ2n) is 6.61. The van der Waals surface area contributed by atoms with Crippen LogP contribution in [-0.4, -0.2) is 42.9 Å². The van der Waals surface area contributed by atoms with Gasteiger partial charge in [-0.1, -0.05) is 0 Å². The van der Waals surface area contributed by atoms with Crippen molar-refractivity contribution in [2.24, 2.45) is 0 Å². The number of pyridine rings is 1. The molecule has 10 heteroatoms. The van der Waals surface area contributed by atoms with E-state index in [9.17, 15) is 13.2 Å². The number of H-pyrrole nitrogens is 1. The Morgan fingerprint density at radius 2 is 2.00 bits per heavy atom. The smallest absolute Gasteiger partial charge is 0.348 e. The van der Waals surface area contributed by atoms with E-state index in [0.717, 1.165) is 55.9 Å². The highest BCUT2D eigenvalue weighted by Crippen LogP contribution is 2.31. The summed E-state index contributed by atoms with van der Waals surface area (Å²) in [6, 6.07) is 3.71. The van der Waals surface area contributed by atoms with Gasteiger partial charge in [0, 0.05) is 37.3 Å². The number of hydrogen-bond donors (Lipinski definition) is 2. The maximum atomic E-state index is 12.8. The molecule has 0 unspecified atom stereocenters. The average Bonchev–Trinajstić information content (AvgIpc) is 3.34. The molecule has 1 aliphatic heterocycles. The predicted molar refractivity (Wildman–Crippen MR) is 95.8 cm³/mol. The van der Waals surface area contributed by atoms with Gasteiger partial charge >= 0.3 is 6.18 Å². The van der Waals surface area contributed by atoms with Crippen LogP contribution in [0.1, 0.15) is 29.4 Å². The number of nitrogens with zero attached hydrogens (tertiary/aromatic N) is 5. The maximum absolute atomic E-state index is 12.8. The molecule has 1 fully saturated rings. The number of nitrogens with one attached hydrogen (secondary N) is 2. The highest BCUT2D eigenvalue weighted by Gasteiger charge is 2.31. The second kappa shape index (κ2) is 7.55. The van der Waals surface area contributed by atoms with Gasteiger partial charge in [-0.2, -0.15) is 13.2 Å². The van der Waals surface area contributed by atoms with Gasteiger partial charge in [0.1, 0.15) is 11.6 Å². The third-order valence-corrected chi connectivity index (χ3v) is 4.62. The Morgan fingerprint density at radius 1 is 1.14 bits per heavy atom. The number of halogens is 3. The minimum atomic E-state index is -4.43. The summed E-state index contributed by atoms with van der Waals surface area (Å²) >= 11 is 0. The van der Waals surface area contributed by atoms with Crippen LogP contribution in [0.15, 0.2) is 43.0 Å². The number of aromatic amines is 1. The molecule has 0 aromatic carbocycles. The lowest BCUT2D eigenvalue weighted by Crippen LogP contribution is -2.20. The van der Waals surface area contributed by atoms with Gasteiger partial charge in [0.25, 0.3) is 0 Å². The van der Waals surface area contributed by atoms with Gasteiger partial charge in [-0.25, -0.2) is 19.9 Å². The number of anilines is 2. The Hall–Kier alpha value is -3.01. The third kappa shape index (κ3) is 4.28. The number of aromatic nitrogens is 5. The molecular formula is C18H18F3N7. The molecule has 1 aliphatic rings. The van der Waals surface area contributed by atoms with E-state index in [1.165, 1.54) is 0 Å². The van der Waals surface area contributed by atoms with Gasteiger partial charge in [0.15, 0.2) is 0 Å². The molecule has 0 amide bonds. The van der Waals surface area contributed by atoms with Crippen molar-refractivity contribution >= 4 is 11.8 Å². The zero-order valence-electron chi connectivity index (χ0n) is 14.8. The van der Waals surface area contributed by atoms with Crippen molar-refractivity contribution in [3.63, 3.8) is 0 Å². The Morgan fingerprint density at radius 3 is 2.79 bits per heavy atom. The lowest BCUT2D eigenvalue weighted by molar-refractivity contribution is -0.137. The molecule has 1 saturated heterocycles. The monoisotopic (exact) mass is 389 g/mol. The molecule has 0 aliphatic carbocycles. The summed E-state index contributed by atoms with van der Waals surface area (Å²) in [6.07, 6.45) is 2.76. The molecule has 2 N–H and O–H groups in total. The van der Waals surface area contributed by atoms with E-state index in [1.54, 1.807) is 18.6 Å². The molecular weight excluding hydrogens is 371 g/mol. The van der Waals surface area contributed by atoms with Crippen LogP contribution in [-0.2, 0) is 12.7 Å². The summed E-state index contributed by atoms with van der Waals surface area (Å²) in [5.74, 6) is 1.43. The predicted octanol–water partition coefficient (Wildman–Crippen LogP) is 3.35. The number of imidazole rings is 1. The first kappa shape index (κ1) is 18.4. The zero-order valence-corrected chi connectivity index (χ0v) is 14.8. The van der Waals surface area contributed by atoms with E-state index in [2.05, 4.69) is 35.1 Å². The standard InChI is InChI=1S/C18H18F3N7/c19-18(20,21)13-1-4-22-15(9-13)27-17-25-5-2-14(26-17)12-3-8-28(10-12)11-16-23-6-7-24-16/h1-2,4-7,9,12H,3,8,10-11H2,(H,23,24)(H,22,25,26,27)/t12-/m0/s1. The van der Waals surface area contributed by atoms with Gasteiger partial charge in [0.05, 0.1) is 17.8 Å². The van der Waals surface area contributed by atoms with E-state index >= 15 is 0 Å². The highest BCUT2D eigenvalue weighted by molar-refractivity contribution is 5.49. The fourth-order valence-corrected chi connectivity index (χ4v) is 3.26. The molecule has 3 aromatic rings. The van der Waals surface area contributed by atoms with E-state index in [4.69, 9.17) is 0 Å². The summed E-state index contributed by atoms with van der Waals surface area (Å²) in [4.78, 5) is 22.1. The maximum Gasteiger partial charge on any atom is 0.416 e. The number of alkyl halides is 3. The zero-order chi connectivity index (χ0) is 19.6. The summed E-state index contributed by atoms with van der Waals surface area (Å²) in [5.41, 5.74) is 0.0805. The second-order valence-corrected chi connectivity index (χ2v) is 6.61. The van der Waals surface area contributed by atoms with Gasteiger partial charge in [-0.15, -0.1) is 0 Å². The summed E-state index contributed by atoms with van der Waals surface area (Å²) in [7, 11) is 0. The van der Waals surface area contributed by atoms with Gasteiger partial charge in [-0.05, 0) is 31.2 Å².